The zero-order chi connectivity index (χ0) is 23.4. The SMILES string of the molecule is CCc1c(O)cc(O)c(C(=O)c2ccc(OC)cc2)c1CC(=O)N1CCCC(C(N)=O)C1. The minimum atomic E-state index is -0.462. The third-order valence-electron chi connectivity index (χ3n) is 5.94. The number of benzene rings is 2. The number of ketones is 1. The summed E-state index contributed by atoms with van der Waals surface area (Å²) < 4.78 is 5.12. The predicted molar refractivity (Wildman–Crippen MR) is 118 cm³/mol. The summed E-state index contributed by atoms with van der Waals surface area (Å²) in [6, 6.07) is 7.55. The van der Waals surface area contributed by atoms with Gasteiger partial charge in [0.15, 0.2) is 5.78 Å². The Morgan fingerprint density at radius 2 is 1.81 bits per heavy atom. The van der Waals surface area contributed by atoms with Gasteiger partial charge in [0.1, 0.15) is 17.2 Å². The molecule has 3 rings (SSSR count). The molecule has 2 aromatic rings. The third-order valence-corrected chi connectivity index (χ3v) is 5.94. The summed E-state index contributed by atoms with van der Waals surface area (Å²) in [7, 11) is 1.52. The highest BCUT2D eigenvalue weighted by atomic mass is 16.5. The summed E-state index contributed by atoms with van der Waals surface area (Å²) >= 11 is 0. The molecule has 0 saturated carbocycles. The molecule has 2 amide bonds. The second-order valence-electron chi connectivity index (χ2n) is 7.92. The summed E-state index contributed by atoms with van der Waals surface area (Å²) in [5, 5.41) is 21.0. The van der Waals surface area contributed by atoms with Crippen LogP contribution in [0.2, 0.25) is 0 Å². The van der Waals surface area contributed by atoms with Crippen molar-refractivity contribution < 1.29 is 29.3 Å². The fourth-order valence-corrected chi connectivity index (χ4v) is 4.18. The average molecular weight is 440 g/mol. The predicted octanol–water partition coefficient (Wildman–Crippen LogP) is 2.17. The van der Waals surface area contributed by atoms with Crippen LogP contribution in [0.5, 0.6) is 17.2 Å². The van der Waals surface area contributed by atoms with E-state index in [1.54, 1.807) is 36.1 Å². The number of carbonyl (C=O) groups excluding carboxylic acids is 3. The molecule has 1 atom stereocenters. The van der Waals surface area contributed by atoms with Gasteiger partial charge in [-0.05, 0) is 54.7 Å². The number of ether oxygens (including phenoxy) is 1. The van der Waals surface area contributed by atoms with Gasteiger partial charge in [-0.15, -0.1) is 0 Å². The Hall–Kier alpha value is -3.55. The molecule has 4 N–H and O–H groups in total. The van der Waals surface area contributed by atoms with Crippen LogP contribution in [-0.2, 0) is 22.4 Å². The maximum atomic E-state index is 13.3. The van der Waals surface area contributed by atoms with Crippen molar-refractivity contribution in [1.29, 1.82) is 0 Å². The largest absolute Gasteiger partial charge is 0.508 e. The summed E-state index contributed by atoms with van der Waals surface area (Å²) in [5.41, 5.74) is 6.44. The lowest BCUT2D eigenvalue weighted by Crippen LogP contribution is -2.44. The second-order valence-corrected chi connectivity index (χ2v) is 7.92. The van der Waals surface area contributed by atoms with Gasteiger partial charge in [0, 0.05) is 24.7 Å². The first-order valence-electron chi connectivity index (χ1n) is 10.6. The van der Waals surface area contributed by atoms with Gasteiger partial charge in [-0.3, -0.25) is 14.4 Å². The van der Waals surface area contributed by atoms with Crippen molar-refractivity contribution >= 4 is 17.6 Å². The Kier molecular flexibility index (Phi) is 7.02. The number of phenols is 2. The maximum Gasteiger partial charge on any atom is 0.227 e. The van der Waals surface area contributed by atoms with E-state index in [1.807, 2.05) is 0 Å². The summed E-state index contributed by atoms with van der Waals surface area (Å²) in [6.07, 6.45) is 1.46. The van der Waals surface area contributed by atoms with Gasteiger partial charge in [0.2, 0.25) is 11.8 Å². The Labute approximate surface area is 186 Å². The van der Waals surface area contributed by atoms with E-state index in [1.165, 1.54) is 7.11 Å². The van der Waals surface area contributed by atoms with Crippen LogP contribution >= 0.6 is 0 Å². The smallest absolute Gasteiger partial charge is 0.227 e. The molecule has 0 spiro atoms. The van der Waals surface area contributed by atoms with Crippen LogP contribution in [-0.4, -0.2) is 52.9 Å². The molecule has 8 nitrogen and oxygen atoms in total. The number of likely N-dealkylation sites (tertiary alicyclic amines) is 1. The minimum Gasteiger partial charge on any atom is -0.508 e. The van der Waals surface area contributed by atoms with Crippen molar-refractivity contribution in [3.63, 3.8) is 0 Å². The van der Waals surface area contributed by atoms with E-state index >= 15 is 0 Å². The van der Waals surface area contributed by atoms with Crippen LogP contribution in [0.3, 0.4) is 0 Å². The van der Waals surface area contributed by atoms with Crippen molar-refractivity contribution in [2.24, 2.45) is 11.7 Å². The van der Waals surface area contributed by atoms with Crippen molar-refractivity contribution in [1.82, 2.24) is 4.90 Å². The molecule has 1 fully saturated rings. The molecular weight excluding hydrogens is 412 g/mol. The first-order chi connectivity index (χ1) is 15.3. The molecule has 8 heteroatoms. The number of methoxy groups -OCH3 is 1. The second kappa shape index (κ2) is 9.72. The lowest BCUT2D eigenvalue weighted by Gasteiger charge is -2.31. The molecule has 0 radical (unpaired) electrons. The molecule has 1 aliphatic rings. The maximum absolute atomic E-state index is 13.3. The Balaban J connectivity index is 1.99. The van der Waals surface area contributed by atoms with Crippen LogP contribution in [0.25, 0.3) is 0 Å². The zero-order valence-corrected chi connectivity index (χ0v) is 18.3. The molecule has 0 bridgehead atoms. The molecule has 170 valence electrons. The van der Waals surface area contributed by atoms with Gasteiger partial charge in [-0.1, -0.05) is 6.92 Å². The topological polar surface area (TPSA) is 130 Å². The monoisotopic (exact) mass is 440 g/mol. The van der Waals surface area contributed by atoms with Crippen LogP contribution in [0.4, 0.5) is 0 Å². The molecule has 0 aliphatic carbocycles. The minimum absolute atomic E-state index is 0.0124. The number of primary amides is 1. The van der Waals surface area contributed by atoms with Crippen LogP contribution in [0.15, 0.2) is 30.3 Å². The molecule has 1 aliphatic heterocycles. The molecule has 32 heavy (non-hydrogen) atoms. The number of aromatic hydroxyl groups is 2. The lowest BCUT2D eigenvalue weighted by atomic mass is 9.89. The summed E-state index contributed by atoms with van der Waals surface area (Å²) in [6.45, 7) is 2.50. The van der Waals surface area contributed by atoms with Crippen molar-refractivity contribution in [2.75, 3.05) is 20.2 Å². The van der Waals surface area contributed by atoms with E-state index in [-0.39, 0.29) is 35.7 Å². The summed E-state index contributed by atoms with van der Waals surface area (Å²) in [4.78, 5) is 39.5. The first-order valence-corrected chi connectivity index (χ1v) is 10.6. The fraction of sp³-hybridized carbons (Fsp3) is 0.375. The van der Waals surface area contributed by atoms with Crippen LogP contribution in [0.1, 0.15) is 46.8 Å². The van der Waals surface area contributed by atoms with E-state index < -0.39 is 23.4 Å². The van der Waals surface area contributed by atoms with Gasteiger partial charge < -0.3 is 25.6 Å². The van der Waals surface area contributed by atoms with Gasteiger partial charge in [0.25, 0.3) is 0 Å². The third kappa shape index (κ3) is 4.69. The van der Waals surface area contributed by atoms with Crippen molar-refractivity contribution in [3.8, 4) is 17.2 Å². The van der Waals surface area contributed by atoms with E-state index in [9.17, 15) is 24.6 Å². The number of amides is 2. The Morgan fingerprint density at radius 1 is 1.12 bits per heavy atom. The molecule has 2 aromatic carbocycles. The van der Waals surface area contributed by atoms with Gasteiger partial charge in [-0.25, -0.2) is 0 Å². The molecule has 1 saturated heterocycles. The molecule has 0 aromatic heterocycles. The normalized spacial score (nSPS) is 15.9. The first kappa shape index (κ1) is 23.1. The number of rotatable bonds is 7. The van der Waals surface area contributed by atoms with E-state index in [0.717, 1.165) is 6.07 Å². The van der Waals surface area contributed by atoms with Gasteiger partial charge in [0.05, 0.1) is 25.0 Å². The Morgan fingerprint density at radius 3 is 2.41 bits per heavy atom. The average Bonchev–Trinajstić information content (AvgIpc) is 2.79. The molecule has 1 heterocycles. The van der Waals surface area contributed by atoms with Crippen LogP contribution in [0, 0.1) is 5.92 Å². The zero-order valence-electron chi connectivity index (χ0n) is 18.3. The quantitative estimate of drug-likeness (QED) is 0.566. The van der Waals surface area contributed by atoms with Gasteiger partial charge >= 0.3 is 0 Å². The highest BCUT2D eigenvalue weighted by Crippen LogP contribution is 2.35. The number of nitrogens with two attached hydrogens (primary N) is 1. The highest BCUT2D eigenvalue weighted by Gasteiger charge is 2.30. The van der Waals surface area contributed by atoms with E-state index in [0.29, 0.717) is 42.7 Å². The Bertz CT molecular complexity index is 1030. The van der Waals surface area contributed by atoms with Crippen molar-refractivity contribution in [2.45, 2.75) is 32.6 Å². The number of nitrogens with zero attached hydrogens (tertiary/aromatic N) is 1. The fourth-order valence-electron chi connectivity index (χ4n) is 4.18. The number of phenolic OH excluding ortho intramolecular Hbond substituents is 2. The number of hydrogen-bond acceptors (Lipinski definition) is 6. The molecular formula is C24H28N2O6. The van der Waals surface area contributed by atoms with E-state index in [4.69, 9.17) is 10.5 Å². The summed E-state index contributed by atoms with van der Waals surface area (Å²) in [5.74, 6) is -1.59. The van der Waals surface area contributed by atoms with E-state index in [2.05, 4.69) is 0 Å². The number of carbonyl (C=O) groups is 3. The number of hydrogen-bond donors (Lipinski definition) is 3. The molecule has 1 unspecified atom stereocenters. The standard InChI is InChI=1S/C24H28N2O6/c1-3-17-18(11-21(29)26-10-4-5-15(13-26)24(25)31)22(20(28)12-19(17)27)23(30)14-6-8-16(32-2)9-7-14/h6-9,12,15,27-28H,3-5,10-11,13H2,1-2H3,(H2,25,31). The van der Waals surface area contributed by atoms with Gasteiger partial charge in [-0.2, -0.15) is 0 Å². The van der Waals surface area contributed by atoms with Crippen molar-refractivity contribution in [3.05, 3.63) is 52.6 Å². The highest BCUT2D eigenvalue weighted by molar-refractivity contribution is 6.12. The van der Waals surface area contributed by atoms with Crippen LogP contribution < -0.4 is 10.5 Å². The number of piperidine rings is 1. The lowest BCUT2D eigenvalue weighted by molar-refractivity contribution is -0.134.